The summed E-state index contributed by atoms with van der Waals surface area (Å²) in [6.45, 7) is 1.73. The minimum Gasteiger partial charge on any atom is -0.358 e. The van der Waals surface area contributed by atoms with Gasteiger partial charge >= 0.3 is 0 Å². The van der Waals surface area contributed by atoms with Crippen LogP contribution in [0.2, 0.25) is 0 Å². The molecule has 0 saturated heterocycles. The second-order valence-electron chi connectivity index (χ2n) is 5.83. The van der Waals surface area contributed by atoms with E-state index in [1.807, 2.05) is 30.3 Å². The second-order valence-corrected chi connectivity index (χ2v) is 7.13. The van der Waals surface area contributed by atoms with Crippen LogP contribution in [0.3, 0.4) is 0 Å². The van der Waals surface area contributed by atoms with Crippen molar-refractivity contribution >= 4 is 40.5 Å². The van der Waals surface area contributed by atoms with Crippen LogP contribution in [0, 0.1) is 5.82 Å². The zero-order valence-electron chi connectivity index (χ0n) is 14.8. The van der Waals surface area contributed by atoms with E-state index in [1.165, 1.54) is 40.9 Å². The summed E-state index contributed by atoms with van der Waals surface area (Å²) in [5.74, 6) is -0.887. The average Bonchev–Trinajstić information content (AvgIpc) is 2.97. The number of carbonyl (C=O) groups is 2. The first-order valence-corrected chi connectivity index (χ1v) is 9.21. The number of amides is 2. The Labute approximate surface area is 161 Å². The molecule has 1 aliphatic rings. The lowest BCUT2D eigenvalue weighted by Crippen LogP contribution is -2.34. The summed E-state index contributed by atoms with van der Waals surface area (Å²) in [7, 11) is 1.56. The van der Waals surface area contributed by atoms with Crippen LogP contribution in [0.5, 0.6) is 0 Å². The zero-order valence-corrected chi connectivity index (χ0v) is 15.7. The standard InChI is InChI=1S/C20H18FN3O2S/c1-13(18(25)22-2)27-20-23-17(12-14-6-4-3-5-7-14)19(26)24(20)16-10-8-15(21)9-11-16/h3-13H,1-2H3,(H,22,25)/b17-12+. The summed E-state index contributed by atoms with van der Waals surface area (Å²) >= 11 is 1.17. The van der Waals surface area contributed by atoms with Gasteiger partial charge in [-0.1, -0.05) is 42.1 Å². The van der Waals surface area contributed by atoms with E-state index in [0.717, 1.165) is 5.56 Å². The van der Waals surface area contributed by atoms with Gasteiger partial charge in [0.1, 0.15) is 11.5 Å². The van der Waals surface area contributed by atoms with Crippen LogP contribution in [0.4, 0.5) is 10.1 Å². The lowest BCUT2D eigenvalue weighted by Gasteiger charge is -2.19. The number of aliphatic imine (C=N–C) groups is 1. The molecule has 1 aliphatic heterocycles. The SMILES string of the molecule is CNC(=O)C(C)SC1=N/C(=C/c2ccccc2)C(=O)N1c1ccc(F)cc1. The van der Waals surface area contributed by atoms with Gasteiger partial charge in [-0.25, -0.2) is 9.38 Å². The van der Waals surface area contributed by atoms with Crippen molar-refractivity contribution in [3.05, 3.63) is 71.7 Å². The molecule has 27 heavy (non-hydrogen) atoms. The maximum Gasteiger partial charge on any atom is 0.283 e. The predicted molar refractivity (Wildman–Crippen MR) is 107 cm³/mol. The highest BCUT2D eigenvalue weighted by atomic mass is 32.2. The van der Waals surface area contributed by atoms with E-state index in [2.05, 4.69) is 10.3 Å². The van der Waals surface area contributed by atoms with Crippen molar-refractivity contribution in [2.24, 2.45) is 4.99 Å². The highest BCUT2D eigenvalue weighted by Gasteiger charge is 2.34. The minimum absolute atomic E-state index is 0.172. The molecule has 2 aromatic carbocycles. The van der Waals surface area contributed by atoms with E-state index in [1.54, 1.807) is 20.0 Å². The highest BCUT2D eigenvalue weighted by Crippen LogP contribution is 2.31. The van der Waals surface area contributed by atoms with Gasteiger partial charge in [-0.05, 0) is 42.8 Å². The van der Waals surface area contributed by atoms with Crippen LogP contribution < -0.4 is 10.2 Å². The van der Waals surface area contributed by atoms with Crippen molar-refractivity contribution in [2.75, 3.05) is 11.9 Å². The Morgan fingerprint density at radius 3 is 2.48 bits per heavy atom. The predicted octanol–water partition coefficient (Wildman–Crippen LogP) is 3.44. The van der Waals surface area contributed by atoms with Gasteiger partial charge < -0.3 is 5.32 Å². The van der Waals surface area contributed by atoms with Crippen molar-refractivity contribution in [1.82, 2.24) is 5.32 Å². The van der Waals surface area contributed by atoms with Crippen LogP contribution in [-0.4, -0.2) is 29.3 Å². The van der Waals surface area contributed by atoms with E-state index in [9.17, 15) is 14.0 Å². The number of nitrogens with one attached hydrogen (secondary N) is 1. The number of halogens is 1. The molecule has 1 heterocycles. The topological polar surface area (TPSA) is 61.8 Å². The van der Waals surface area contributed by atoms with Crippen LogP contribution in [0.1, 0.15) is 12.5 Å². The number of amidine groups is 1. The van der Waals surface area contributed by atoms with E-state index < -0.39 is 11.1 Å². The molecule has 0 aliphatic carbocycles. The average molecular weight is 383 g/mol. The monoisotopic (exact) mass is 383 g/mol. The number of rotatable bonds is 4. The summed E-state index contributed by atoms with van der Waals surface area (Å²) in [6.07, 6.45) is 1.69. The van der Waals surface area contributed by atoms with Gasteiger partial charge in [0.15, 0.2) is 5.17 Å². The molecule has 2 amide bonds. The molecule has 0 aromatic heterocycles. The number of thioether (sulfide) groups is 1. The smallest absolute Gasteiger partial charge is 0.283 e. The fourth-order valence-corrected chi connectivity index (χ4v) is 3.50. The van der Waals surface area contributed by atoms with Crippen molar-refractivity contribution < 1.29 is 14.0 Å². The second kappa shape index (κ2) is 8.18. The molecular formula is C20H18FN3O2S. The van der Waals surface area contributed by atoms with Gasteiger partial charge in [0.2, 0.25) is 5.91 Å². The molecule has 1 atom stereocenters. The number of hydrogen-bond donors (Lipinski definition) is 1. The number of nitrogens with zero attached hydrogens (tertiary/aromatic N) is 2. The normalized spacial score (nSPS) is 16.4. The third-order valence-corrected chi connectivity index (χ3v) is 4.97. The Morgan fingerprint density at radius 1 is 1.19 bits per heavy atom. The van der Waals surface area contributed by atoms with Crippen LogP contribution in [0.25, 0.3) is 6.08 Å². The van der Waals surface area contributed by atoms with Gasteiger partial charge in [-0.2, -0.15) is 0 Å². The summed E-state index contributed by atoms with van der Waals surface area (Å²) in [5.41, 5.74) is 1.60. The first kappa shape index (κ1) is 18.8. The first-order chi connectivity index (χ1) is 13.0. The molecule has 138 valence electrons. The Morgan fingerprint density at radius 2 is 1.85 bits per heavy atom. The Kier molecular flexibility index (Phi) is 5.71. The van der Waals surface area contributed by atoms with Crippen LogP contribution in [0.15, 0.2) is 65.3 Å². The maximum atomic E-state index is 13.3. The third-order valence-electron chi connectivity index (χ3n) is 3.92. The lowest BCUT2D eigenvalue weighted by atomic mass is 10.2. The van der Waals surface area contributed by atoms with Crippen LogP contribution >= 0.6 is 11.8 Å². The largest absolute Gasteiger partial charge is 0.358 e. The van der Waals surface area contributed by atoms with E-state index in [-0.39, 0.29) is 17.5 Å². The van der Waals surface area contributed by atoms with Crippen molar-refractivity contribution in [1.29, 1.82) is 0 Å². The number of carbonyl (C=O) groups excluding carboxylic acids is 2. The highest BCUT2D eigenvalue weighted by molar-refractivity contribution is 8.15. The summed E-state index contributed by atoms with van der Waals surface area (Å²) in [6, 6.07) is 15.0. The molecule has 0 spiro atoms. The fraction of sp³-hybridized carbons (Fsp3) is 0.150. The minimum atomic E-state index is -0.444. The Bertz CT molecular complexity index is 911. The molecule has 0 saturated carbocycles. The molecule has 0 radical (unpaired) electrons. The van der Waals surface area contributed by atoms with E-state index in [0.29, 0.717) is 10.9 Å². The molecule has 0 bridgehead atoms. The number of benzene rings is 2. The van der Waals surface area contributed by atoms with Gasteiger partial charge in [0.25, 0.3) is 5.91 Å². The van der Waals surface area contributed by atoms with E-state index in [4.69, 9.17) is 0 Å². The van der Waals surface area contributed by atoms with Gasteiger partial charge in [0, 0.05) is 7.05 Å². The third kappa shape index (κ3) is 4.25. The molecule has 7 heteroatoms. The molecule has 5 nitrogen and oxygen atoms in total. The fourth-order valence-electron chi connectivity index (χ4n) is 2.52. The molecule has 1 unspecified atom stereocenters. The molecular weight excluding hydrogens is 365 g/mol. The van der Waals surface area contributed by atoms with Crippen molar-refractivity contribution in [2.45, 2.75) is 12.2 Å². The summed E-state index contributed by atoms with van der Waals surface area (Å²) in [5, 5.41) is 2.52. The lowest BCUT2D eigenvalue weighted by molar-refractivity contribution is -0.119. The van der Waals surface area contributed by atoms with Crippen LogP contribution in [-0.2, 0) is 9.59 Å². The summed E-state index contributed by atoms with van der Waals surface area (Å²) < 4.78 is 13.3. The quantitative estimate of drug-likeness (QED) is 0.823. The molecule has 1 N–H and O–H groups in total. The van der Waals surface area contributed by atoms with Crippen molar-refractivity contribution in [3.8, 4) is 0 Å². The summed E-state index contributed by atoms with van der Waals surface area (Å²) in [4.78, 5) is 30.7. The van der Waals surface area contributed by atoms with E-state index >= 15 is 0 Å². The Hall–Kier alpha value is -2.93. The molecule has 3 rings (SSSR count). The maximum absolute atomic E-state index is 13.3. The molecule has 0 fully saturated rings. The van der Waals surface area contributed by atoms with Gasteiger partial charge in [-0.15, -0.1) is 0 Å². The number of anilines is 1. The Balaban J connectivity index is 1.98. The first-order valence-electron chi connectivity index (χ1n) is 8.33. The van der Waals surface area contributed by atoms with Crippen molar-refractivity contribution in [3.63, 3.8) is 0 Å². The zero-order chi connectivity index (χ0) is 19.4. The number of hydrogen-bond acceptors (Lipinski definition) is 4. The van der Waals surface area contributed by atoms with Gasteiger partial charge in [-0.3, -0.25) is 14.5 Å². The van der Waals surface area contributed by atoms with Gasteiger partial charge in [0.05, 0.1) is 10.9 Å². The molecule has 2 aromatic rings.